The largest absolute Gasteiger partial charge is 0.490 e. The van der Waals surface area contributed by atoms with Crippen LogP contribution in [0.5, 0.6) is 11.5 Å². The minimum atomic E-state index is -0.930. The minimum absolute atomic E-state index is 0.130. The topological polar surface area (TPSA) is 64.6 Å². The summed E-state index contributed by atoms with van der Waals surface area (Å²) in [6.07, 6.45) is 2.34. The van der Waals surface area contributed by atoms with Gasteiger partial charge in [0.25, 0.3) is 5.91 Å². The molecule has 2 rings (SSSR count). The van der Waals surface area contributed by atoms with Gasteiger partial charge in [-0.05, 0) is 55.7 Å². The lowest BCUT2D eigenvalue weighted by molar-refractivity contribution is 0.0954. The summed E-state index contributed by atoms with van der Waals surface area (Å²) >= 11 is 0. The zero-order valence-corrected chi connectivity index (χ0v) is 16.9. The molecule has 0 heterocycles. The molecule has 1 unspecified atom stereocenters. The molecule has 0 aromatic heterocycles. The second-order valence-electron chi connectivity index (χ2n) is 6.07. The SMILES string of the molecule is CCOc1ccc(CCNC(=O)c2cccc(CS(C)=O)c2)cc1OCC. The van der Waals surface area contributed by atoms with Gasteiger partial charge in [0.05, 0.1) is 13.2 Å². The highest BCUT2D eigenvalue weighted by Gasteiger charge is 2.09. The second-order valence-corrected chi connectivity index (χ2v) is 7.51. The molecule has 0 fully saturated rings. The average molecular weight is 390 g/mol. The molecule has 1 N–H and O–H groups in total. The predicted octanol–water partition coefficient (Wildman–Crippen LogP) is 3.34. The van der Waals surface area contributed by atoms with E-state index < -0.39 is 10.8 Å². The number of hydrogen-bond acceptors (Lipinski definition) is 4. The van der Waals surface area contributed by atoms with Crippen molar-refractivity contribution in [1.29, 1.82) is 0 Å². The maximum absolute atomic E-state index is 12.3. The first-order chi connectivity index (χ1) is 13.0. The molecule has 2 aromatic carbocycles. The molecule has 1 atom stereocenters. The summed E-state index contributed by atoms with van der Waals surface area (Å²) in [7, 11) is -0.930. The molecular formula is C21H27NO4S. The van der Waals surface area contributed by atoms with Crippen molar-refractivity contribution >= 4 is 16.7 Å². The van der Waals surface area contributed by atoms with E-state index >= 15 is 0 Å². The van der Waals surface area contributed by atoms with Crippen molar-refractivity contribution in [3.63, 3.8) is 0 Å². The first-order valence-electron chi connectivity index (χ1n) is 9.09. The van der Waals surface area contributed by atoms with Gasteiger partial charge in [0.1, 0.15) is 0 Å². The van der Waals surface area contributed by atoms with Crippen LogP contribution in [0.2, 0.25) is 0 Å². The Morgan fingerprint density at radius 2 is 1.74 bits per heavy atom. The third-order valence-electron chi connectivity index (χ3n) is 3.87. The molecule has 0 saturated carbocycles. The molecule has 0 bridgehead atoms. The fourth-order valence-electron chi connectivity index (χ4n) is 2.71. The maximum Gasteiger partial charge on any atom is 0.251 e. The lowest BCUT2D eigenvalue weighted by atomic mass is 10.1. The number of amides is 1. The highest BCUT2D eigenvalue weighted by atomic mass is 32.2. The molecule has 0 aliphatic rings. The van der Waals surface area contributed by atoms with E-state index in [1.807, 2.05) is 44.2 Å². The normalized spacial score (nSPS) is 11.7. The number of hydrogen-bond donors (Lipinski definition) is 1. The fourth-order valence-corrected chi connectivity index (χ4v) is 3.36. The van der Waals surface area contributed by atoms with Crippen LogP contribution in [0.3, 0.4) is 0 Å². The highest BCUT2D eigenvalue weighted by Crippen LogP contribution is 2.28. The van der Waals surface area contributed by atoms with Crippen molar-refractivity contribution in [2.75, 3.05) is 26.0 Å². The van der Waals surface area contributed by atoms with E-state index in [0.29, 0.717) is 37.5 Å². The second kappa shape index (κ2) is 10.7. The van der Waals surface area contributed by atoms with Crippen LogP contribution < -0.4 is 14.8 Å². The van der Waals surface area contributed by atoms with Crippen molar-refractivity contribution in [3.05, 3.63) is 59.2 Å². The van der Waals surface area contributed by atoms with Gasteiger partial charge in [0.2, 0.25) is 0 Å². The van der Waals surface area contributed by atoms with Gasteiger partial charge < -0.3 is 14.8 Å². The molecule has 27 heavy (non-hydrogen) atoms. The number of benzene rings is 2. The van der Waals surface area contributed by atoms with Crippen LogP contribution in [-0.2, 0) is 23.0 Å². The molecule has 146 valence electrons. The zero-order chi connectivity index (χ0) is 19.6. The Balaban J connectivity index is 1.94. The van der Waals surface area contributed by atoms with E-state index in [1.165, 1.54) is 0 Å². The van der Waals surface area contributed by atoms with E-state index in [-0.39, 0.29) is 5.91 Å². The molecule has 1 amide bonds. The predicted molar refractivity (Wildman–Crippen MR) is 109 cm³/mol. The molecule has 2 aromatic rings. The fraction of sp³-hybridized carbons (Fsp3) is 0.381. The Hall–Kier alpha value is -2.34. The van der Waals surface area contributed by atoms with Gasteiger partial charge in [-0.1, -0.05) is 18.2 Å². The smallest absolute Gasteiger partial charge is 0.251 e. The van der Waals surface area contributed by atoms with Gasteiger partial charge in [0, 0.05) is 34.9 Å². The lowest BCUT2D eigenvalue weighted by Crippen LogP contribution is -2.25. The summed E-state index contributed by atoms with van der Waals surface area (Å²) < 4.78 is 22.6. The summed E-state index contributed by atoms with van der Waals surface area (Å²) in [5, 5.41) is 2.93. The van der Waals surface area contributed by atoms with Crippen LogP contribution in [-0.4, -0.2) is 36.1 Å². The zero-order valence-electron chi connectivity index (χ0n) is 16.1. The Morgan fingerprint density at radius 3 is 2.44 bits per heavy atom. The van der Waals surface area contributed by atoms with E-state index in [9.17, 15) is 9.00 Å². The summed E-state index contributed by atoms with van der Waals surface area (Å²) in [5.74, 6) is 1.78. The Labute approximate surface area is 163 Å². The number of nitrogens with one attached hydrogen (secondary N) is 1. The first-order valence-corrected chi connectivity index (χ1v) is 10.8. The lowest BCUT2D eigenvalue weighted by Gasteiger charge is -2.13. The van der Waals surface area contributed by atoms with E-state index in [0.717, 1.165) is 22.6 Å². The van der Waals surface area contributed by atoms with Crippen molar-refractivity contribution in [3.8, 4) is 11.5 Å². The van der Waals surface area contributed by atoms with Crippen LogP contribution in [0.4, 0.5) is 0 Å². The van der Waals surface area contributed by atoms with Crippen molar-refractivity contribution < 1.29 is 18.5 Å². The molecule has 0 saturated heterocycles. The summed E-state index contributed by atoms with van der Waals surface area (Å²) in [5.41, 5.74) is 2.55. The van der Waals surface area contributed by atoms with Gasteiger partial charge in [-0.15, -0.1) is 0 Å². The quantitative estimate of drug-likeness (QED) is 0.677. The van der Waals surface area contributed by atoms with Crippen LogP contribution in [0.15, 0.2) is 42.5 Å². The van der Waals surface area contributed by atoms with E-state index in [4.69, 9.17) is 9.47 Å². The Morgan fingerprint density at radius 1 is 1.00 bits per heavy atom. The Kier molecular flexibility index (Phi) is 8.33. The van der Waals surface area contributed by atoms with Gasteiger partial charge in [-0.2, -0.15) is 0 Å². The molecule has 6 heteroatoms. The summed E-state index contributed by atoms with van der Waals surface area (Å²) in [6, 6.07) is 13.1. The van der Waals surface area contributed by atoms with Gasteiger partial charge in [-0.25, -0.2) is 0 Å². The molecular weight excluding hydrogens is 362 g/mol. The van der Waals surface area contributed by atoms with Crippen molar-refractivity contribution in [2.24, 2.45) is 0 Å². The molecule has 0 spiro atoms. The number of carbonyl (C=O) groups is 1. The third-order valence-corrected chi connectivity index (χ3v) is 4.61. The van der Waals surface area contributed by atoms with Gasteiger partial charge >= 0.3 is 0 Å². The van der Waals surface area contributed by atoms with Crippen LogP contribution in [0.1, 0.15) is 35.3 Å². The number of carbonyl (C=O) groups excluding carboxylic acids is 1. The third kappa shape index (κ3) is 6.71. The average Bonchev–Trinajstić information content (AvgIpc) is 2.64. The Bertz CT molecular complexity index is 792. The van der Waals surface area contributed by atoms with Crippen molar-refractivity contribution in [2.45, 2.75) is 26.0 Å². The maximum atomic E-state index is 12.3. The van der Waals surface area contributed by atoms with Gasteiger partial charge in [-0.3, -0.25) is 9.00 Å². The van der Waals surface area contributed by atoms with E-state index in [2.05, 4.69) is 5.32 Å². The molecule has 0 aliphatic carbocycles. The number of rotatable bonds is 10. The minimum Gasteiger partial charge on any atom is -0.490 e. The number of ether oxygens (including phenoxy) is 2. The summed E-state index contributed by atoms with van der Waals surface area (Å²) in [6.45, 7) is 5.54. The summed E-state index contributed by atoms with van der Waals surface area (Å²) in [4.78, 5) is 12.3. The van der Waals surface area contributed by atoms with Gasteiger partial charge in [0.15, 0.2) is 11.5 Å². The molecule has 5 nitrogen and oxygen atoms in total. The first kappa shape index (κ1) is 21.0. The van der Waals surface area contributed by atoms with Crippen LogP contribution in [0, 0.1) is 0 Å². The van der Waals surface area contributed by atoms with Crippen molar-refractivity contribution in [1.82, 2.24) is 5.32 Å². The monoisotopic (exact) mass is 389 g/mol. The molecule has 0 aliphatic heterocycles. The van der Waals surface area contributed by atoms with Crippen LogP contribution >= 0.6 is 0 Å². The highest BCUT2D eigenvalue weighted by molar-refractivity contribution is 7.83. The molecule has 0 radical (unpaired) electrons. The van der Waals surface area contributed by atoms with Crippen LogP contribution in [0.25, 0.3) is 0 Å². The van der Waals surface area contributed by atoms with E-state index in [1.54, 1.807) is 18.4 Å². The standard InChI is InChI=1S/C21H27NO4S/c1-4-25-19-10-9-16(14-20(19)26-5-2)11-12-22-21(23)18-8-6-7-17(13-18)15-27(3)24/h6-10,13-14H,4-5,11-12,15H2,1-3H3,(H,22,23).